The normalized spacial score (nSPS) is 19.0. The highest BCUT2D eigenvalue weighted by molar-refractivity contribution is 7.89. The van der Waals surface area contributed by atoms with Crippen LogP contribution < -0.4 is 0 Å². The summed E-state index contributed by atoms with van der Waals surface area (Å²) in [5.41, 5.74) is -1.05. The van der Waals surface area contributed by atoms with Crippen molar-refractivity contribution >= 4 is 10.0 Å². The number of hydrogen-bond donors (Lipinski definition) is 0. The van der Waals surface area contributed by atoms with Crippen LogP contribution in [0.4, 0.5) is 0 Å². The molecule has 1 saturated heterocycles. The molecule has 1 aliphatic heterocycles. The predicted molar refractivity (Wildman–Crippen MR) is 98.5 cm³/mol. The molecule has 9 heteroatoms. The molecule has 0 spiro atoms. The van der Waals surface area contributed by atoms with Crippen molar-refractivity contribution in [3.8, 4) is 0 Å². The van der Waals surface area contributed by atoms with Gasteiger partial charge in [-0.15, -0.1) is 0 Å². The Bertz CT molecular complexity index is 741. The van der Waals surface area contributed by atoms with Gasteiger partial charge in [0, 0.05) is 6.04 Å². The summed E-state index contributed by atoms with van der Waals surface area (Å²) in [6.45, 7) is 11.4. The second-order valence-corrected chi connectivity index (χ2v) is 9.24. The van der Waals surface area contributed by atoms with Gasteiger partial charge in [-0.3, -0.25) is 4.90 Å². The summed E-state index contributed by atoms with van der Waals surface area (Å²) in [4.78, 5) is 13.7. The van der Waals surface area contributed by atoms with Crippen LogP contribution in [0.1, 0.15) is 41.5 Å². The molecule has 146 valence electrons. The van der Waals surface area contributed by atoms with Gasteiger partial charge in [-0.2, -0.15) is 0 Å². The maximum absolute atomic E-state index is 13.5. The number of benzene rings is 1. The molecule has 8 nitrogen and oxygen atoms in total. The van der Waals surface area contributed by atoms with Crippen LogP contribution in [-0.4, -0.2) is 46.3 Å². The van der Waals surface area contributed by atoms with Crippen molar-refractivity contribution < 1.29 is 13.5 Å². The Morgan fingerprint density at radius 2 is 1.54 bits per heavy atom. The third-order valence-corrected chi connectivity index (χ3v) is 6.84. The van der Waals surface area contributed by atoms with Gasteiger partial charge in [-0.1, -0.05) is 45.9 Å². The molecular weight excluding hydrogens is 356 g/mol. The number of nitro groups is 1. The van der Waals surface area contributed by atoms with Gasteiger partial charge in [0.05, 0.1) is 4.90 Å². The number of sulfonamides is 1. The summed E-state index contributed by atoms with van der Waals surface area (Å²) in [5.74, 6) is -0.346. The summed E-state index contributed by atoms with van der Waals surface area (Å²) >= 11 is 0. The van der Waals surface area contributed by atoms with Crippen molar-refractivity contribution in [2.45, 2.75) is 58.1 Å². The Morgan fingerprint density at radius 3 is 1.92 bits per heavy atom. The van der Waals surface area contributed by atoms with Crippen molar-refractivity contribution in [3.63, 3.8) is 0 Å². The van der Waals surface area contributed by atoms with Crippen molar-refractivity contribution in [1.82, 2.24) is 14.4 Å². The van der Waals surface area contributed by atoms with Gasteiger partial charge < -0.3 is 0 Å². The zero-order valence-corrected chi connectivity index (χ0v) is 17.0. The summed E-state index contributed by atoms with van der Waals surface area (Å²) in [6.07, 6.45) is 0. The minimum atomic E-state index is -4.12. The average molecular weight is 385 g/mol. The minimum absolute atomic E-state index is 0.0446. The summed E-state index contributed by atoms with van der Waals surface area (Å²) < 4.78 is 28.0. The number of rotatable bonds is 6. The first kappa shape index (κ1) is 20.6. The first-order chi connectivity index (χ1) is 12.0. The van der Waals surface area contributed by atoms with E-state index >= 15 is 0 Å². The molecular formula is C17H28N4O4S. The van der Waals surface area contributed by atoms with Gasteiger partial charge in [0.1, 0.15) is 5.66 Å². The molecule has 0 saturated carbocycles. The lowest BCUT2D eigenvalue weighted by Gasteiger charge is -2.48. The molecule has 0 unspecified atom stereocenters. The third kappa shape index (κ3) is 2.97. The van der Waals surface area contributed by atoms with E-state index in [9.17, 15) is 18.5 Å². The van der Waals surface area contributed by atoms with E-state index in [1.165, 1.54) is 12.1 Å². The van der Waals surface area contributed by atoms with E-state index < -0.39 is 20.7 Å². The predicted octanol–water partition coefficient (Wildman–Crippen LogP) is 2.78. The van der Waals surface area contributed by atoms with E-state index in [1.54, 1.807) is 18.2 Å². The first-order valence-corrected chi connectivity index (χ1v) is 10.2. The molecule has 0 aromatic heterocycles. The Kier molecular flexibility index (Phi) is 5.65. The summed E-state index contributed by atoms with van der Waals surface area (Å²) in [5, 5.41) is 11.9. The average Bonchev–Trinajstić information content (AvgIpc) is 2.94. The van der Waals surface area contributed by atoms with E-state index in [0.717, 1.165) is 9.53 Å². The maximum atomic E-state index is 13.5. The van der Waals surface area contributed by atoms with E-state index in [-0.39, 0.29) is 29.4 Å². The molecule has 1 aliphatic rings. The standard InChI is InChI=1S/C17H28N4O4S/c1-13(2)17(14(3)4)18(15(5)6)12-19(21(22)23)20(17)26(24,25)16-10-8-7-9-11-16/h7-11,13-15H,12H2,1-6H3. The van der Waals surface area contributed by atoms with Crippen LogP contribution in [0, 0.1) is 22.0 Å². The number of nitrogens with zero attached hydrogens (tertiary/aromatic N) is 4. The van der Waals surface area contributed by atoms with Crippen LogP contribution in [0.25, 0.3) is 0 Å². The monoisotopic (exact) mass is 384 g/mol. The van der Waals surface area contributed by atoms with Gasteiger partial charge in [-0.25, -0.2) is 18.5 Å². The molecule has 0 radical (unpaired) electrons. The zero-order valence-electron chi connectivity index (χ0n) is 16.2. The molecule has 2 rings (SSSR count). The summed E-state index contributed by atoms with van der Waals surface area (Å²) in [7, 11) is -4.12. The maximum Gasteiger partial charge on any atom is 0.266 e. The largest absolute Gasteiger partial charge is 0.266 e. The highest BCUT2D eigenvalue weighted by Crippen LogP contribution is 2.46. The van der Waals surface area contributed by atoms with Crippen molar-refractivity contribution in [2.75, 3.05) is 6.67 Å². The highest BCUT2D eigenvalue weighted by Gasteiger charge is 2.64. The number of hydrogen-bond acceptors (Lipinski definition) is 5. The van der Waals surface area contributed by atoms with Crippen LogP contribution in [0.5, 0.6) is 0 Å². The van der Waals surface area contributed by atoms with Crippen LogP contribution in [0.15, 0.2) is 35.2 Å². The Hall–Kier alpha value is -1.71. The fourth-order valence-corrected chi connectivity index (χ4v) is 6.05. The highest BCUT2D eigenvalue weighted by atomic mass is 32.2. The Morgan fingerprint density at radius 1 is 1.04 bits per heavy atom. The quantitative estimate of drug-likeness (QED) is 0.554. The van der Waals surface area contributed by atoms with Crippen molar-refractivity contribution in [1.29, 1.82) is 0 Å². The SMILES string of the molecule is CC(C)N1CN([N+](=O)[O-])N(S(=O)(=O)c2ccccc2)C1(C(C)C)C(C)C. The van der Waals surface area contributed by atoms with Gasteiger partial charge >= 0.3 is 0 Å². The van der Waals surface area contributed by atoms with E-state index in [1.807, 2.05) is 46.4 Å². The molecule has 0 N–H and O–H groups in total. The number of hydrazine groups is 2. The molecule has 1 aromatic rings. The zero-order chi connectivity index (χ0) is 19.9. The minimum Gasteiger partial charge on any atom is -0.256 e. The van der Waals surface area contributed by atoms with Crippen LogP contribution >= 0.6 is 0 Å². The lowest BCUT2D eigenvalue weighted by atomic mass is 9.84. The van der Waals surface area contributed by atoms with Crippen molar-refractivity contribution in [2.24, 2.45) is 11.8 Å². The van der Waals surface area contributed by atoms with Gasteiger partial charge in [0.15, 0.2) is 11.7 Å². The molecule has 1 fully saturated rings. The molecule has 0 atom stereocenters. The fourth-order valence-electron chi connectivity index (χ4n) is 4.08. The summed E-state index contributed by atoms with van der Waals surface area (Å²) in [6, 6.07) is 7.82. The second kappa shape index (κ2) is 7.13. The topological polar surface area (TPSA) is 87.0 Å². The van der Waals surface area contributed by atoms with Gasteiger partial charge in [0.2, 0.25) is 0 Å². The molecule has 0 aliphatic carbocycles. The molecule has 1 heterocycles. The van der Waals surface area contributed by atoms with Crippen LogP contribution in [-0.2, 0) is 10.0 Å². The van der Waals surface area contributed by atoms with Crippen LogP contribution in [0.2, 0.25) is 0 Å². The van der Waals surface area contributed by atoms with Crippen LogP contribution in [0.3, 0.4) is 0 Å². The fraction of sp³-hybridized carbons (Fsp3) is 0.647. The van der Waals surface area contributed by atoms with Gasteiger partial charge in [0.25, 0.3) is 10.0 Å². The molecule has 0 bridgehead atoms. The Labute approximate surface area is 155 Å². The lowest BCUT2D eigenvalue weighted by molar-refractivity contribution is -0.687. The van der Waals surface area contributed by atoms with Gasteiger partial charge in [-0.05, 0) is 47.3 Å². The molecule has 26 heavy (non-hydrogen) atoms. The third-order valence-electron chi connectivity index (χ3n) is 5.04. The lowest BCUT2D eigenvalue weighted by Crippen LogP contribution is -2.65. The molecule has 1 aromatic carbocycles. The van der Waals surface area contributed by atoms with E-state index in [4.69, 9.17) is 0 Å². The Balaban J connectivity index is 2.80. The van der Waals surface area contributed by atoms with E-state index in [2.05, 4.69) is 0 Å². The smallest absolute Gasteiger partial charge is 0.256 e. The second-order valence-electron chi connectivity index (χ2n) is 7.47. The molecule has 0 amide bonds. The first-order valence-electron chi connectivity index (χ1n) is 8.78. The van der Waals surface area contributed by atoms with E-state index in [0.29, 0.717) is 0 Å². The van der Waals surface area contributed by atoms with Crippen molar-refractivity contribution in [3.05, 3.63) is 40.4 Å².